The Hall–Kier alpha value is -2.24. The predicted molar refractivity (Wildman–Crippen MR) is 81.7 cm³/mol. The SMILES string of the molecule is Nc1c(-c2ccc(Cl)cc2Cl)[n+]([O-])c2ccccc2[n+]1[O-]. The van der Waals surface area contributed by atoms with Crippen molar-refractivity contribution < 1.29 is 9.46 Å². The molecule has 106 valence electrons. The van der Waals surface area contributed by atoms with Crippen molar-refractivity contribution in [1.82, 2.24) is 0 Å². The Morgan fingerprint density at radius 2 is 1.52 bits per heavy atom. The highest BCUT2D eigenvalue weighted by Crippen LogP contribution is 2.31. The third kappa shape index (κ3) is 2.11. The van der Waals surface area contributed by atoms with Crippen molar-refractivity contribution in [1.29, 1.82) is 0 Å². The Morgan fingerprint density at radius 3 is 2.14 bits per heavy atom. The van der Waals surface area contributed by atoms with Gasteiger partial charge in [-0.25, -0.2) is 4.73 Å². The number of nitrogens with two attached hydrogens (primary N) is 1. The Morgan fingerprint density at radius 1 is 0.905 bits per heavy atom. The van der Waals surface area contributed by atoms with Crippen LogP contribution < -0.4 is 15.2 Å². The number of nitrogen functional groups attached to an aromatic ring is 1. The van der Waals surface area contributed by atoms with E-state index in [0.29, 0.717) is 20.0 Å². The van der Waals surface area contributed by atoms with Crippen molar-refractivity contribution in [3.63, 3.8) is 0 Å². The molecule has 0 saturated carbocycles. The molecule has 0 aliphatic carbocycles. The van der Waals surface area contributed by atoms with Crippen LogP contribution in [0, 0.1) is 10.4 Å². The monoisotopic (exact) mass is 321 g/mol. The molecule has 7 heteroatoms. The van der Waals surface area contributed by atoms with Crippen LogP contribution >= 0.6 is 23.2 Å². The zero-order chi connectivity index (χ0) is 15.1. The third-order valence-electron chi connectivity index (χ3n) is 3.17. The number of nitrogens with zero attached hydrogens (tertiary/aromatic N) is 2. The molecule has 3 rings (SSSR count). The molecule has 2 aromatic carbocycles. The fourth-order valence-electron chi connectivity index (χ4n) is 2.19. The summed E-state index contributed by atoms with van der Waals surface area (Å²) >= 11 is 12.0. The Balaban J connectivity index is 2.43. The summed E-state index contributed by atoms with van der Waals surface area (Å²) in [6, 6.07) is 11.0. The smallest absolute Gasteiger partial charge is 0.351 e. The number of hydrogen-bond donors (Lipinski definition) is 1. The van der Waals surface area contributed by atoms with Crippen molar-refractivity contribution in [2.24, 2.45) is 0 Å². The van der Waals surface area contributed by atoms with Gasteiger partial charge in [-0.15, -0.1) is 0 Å². The average Bonchev–Trinajstić information content (AvgIpc) is 2.47. The van der Waals surface area contributed by atoms with E-state index in [2.05, 4.69) is 0 Å². The van der Waals surface area contributed by atoms with Gasteiger partial charge >= 0.3 is 11.5 Å². The van der Waals surface area contributed by atoms with Gasteiger partial charge in [0, 0.05) is 11.1 Å². The van der Waals surface area contributed by atoms with Crippen molar-refractivity contribution in [2.45, 2.75) is 0 Å². The minimum Gasteiger partial charge on any atom is -0.710 e. The molecule has 0 aliphatic rings. The van der Waals surface area contributed by atoms with Gasteiger partial charge in [0.05, 0.1) is 10.6 Å². The summed E-state index contributed by atoms with van der Waals surface area (Å²) in [4.78, 5) is 0. The fraction of sp³-hybridized carbons (Fsp3) is 0. The van der Waals surface area contributed by atoms with Crippen LogP contribution in [0.15, 0.2) is 42.5 Å². The molecule has 2 N–H and O–H groups in total. The van der Waals surface area contributed by atoms with E-state index >= 15 is 0 Å². The number of halogens is 2. The minimum atomic E-state index is -0.215. The second-order valence-electron chi connectivity index (χ2n) is 4.44. The summed E-state index contributed by atoms with van der Waals surface area (Å²) < 4.78 is 1.12. The van der Waals surface area contributed by atoms with E-state index in [1.165, 1.54) is 12.1 Å². The molecule has 0 fully saturated rings. The Bertz CT molecular complexity index is 868. The summed E-state index contributed by atoms with van der Waals surface area (Å²) in [5.74, 6) is -0.215. The van der Waals surface area contributed by atoms with E-state index in [1.54, 1.807) is 30.3 Å². The highest BCUT2D eigenvalue weighted by molar-refractivity contribution is 6.36. The molecule has 1 aromatic heterocycles. The zero-order valence-electron chi connectivity index (χ0n) is 10.6. The summed E-state index contributed by atoms with van der Waals surface area (Å²) in [6.07, 6.45) is 0. The summed E-state index contributed by atoms with van der Waals surface area (Å²) in [7, 11) is 0. The molecule has 0 bridgehead atoms. The van der Waals surface area contributed by atoms with Crippen LogP contribution in [0.1, 0.15) is 0 Å². The molecular weight excluding hydrogens is 313 g/mol. The van der Waals surface area contributed by atoms with Gasteiger partial charge in [-0.05, 0) is 24.3 Å². The van der Waals surface area contributed by atoms with Gasteiger partial charge in [0.1, 0.15) is 0 Å². The second-order valence-corrected chi connectivity index (χ2v) is 5.28. The summed E-state index contributed by atoms with van der Waals surface area (Å²) in [6.45, 7) is 0. The number of hydrogen-bond acceptors (Lipinski definition) is 3. The first-order valence-electron chi connectivity index (χ1n) is 5.99. The van der Waals surface area contributed by atoms with Gasteiger partial charge < -0.3 is 10.4 Å². The van der Waals surface area contributed by atoms with Crippen LogP contribution in [0.3, 0.4) is 0 Å². The van der Waals surface area contributed by atoms with E-state index in [9.17, 15) is 10.4 Å². The topological polar surface area (TPSA) is 79.9 Å². The Labute approximate surface area is 129 Å². The lowest BCUT2D eigenvalue weighted by Crippen LogP contribution is -2.42. The van der Waals surface area contributed by atoms with Gasteiger partial charge in [-0.3, -0.25) is 5.73 Å². The maximum atomic E-state index is 12.5. The molecule has 0 atom stereocenters. The van der Waals surface area contributed by atoms with Gasteiger partial charge in [-0.2, -0.15) is 4.73 Å². The van der Waals surface area contributed by atoms with Crippen molar-refractivity contribution in [3.8, 4) is 11.3 Å². The number of para-hydroxylation sites is 2. The predicted octanol–water partition coefficient (Wildman–Crippen LogP) is 2.66. The number of aromatic nitrogens is 2. The van der Waals surface area contributed by atoms with Gasteiger partial charge in [0.15, 0.2) is 0 Å². The largest absolute Gasteiger partial charge is 0.710 e. The first kappa shape index (κ1) is 13.7. The van der Waals surface area contributed by atoms with E-state index in [4.69, 9.17) is 28.9 Å². The first-order chi connectivity index (χ1) is 10.0. The number of rotatable bonds is 1. The van der Waals surface area contributed by atoms with Crippen molar-refractivity contribution >= 4 is 40.1 Å². The van der Waals surface area contributed by atoms with Gasteiger partial charge in [-0.1, -0.05) is 35.3 Å². The lowest BCUT2D eigenvalue weighted by Gasteiger charge is -2.14. The molecule has 0 radical (unpaired) electrons. The summed E-state index contributed by atoms with van der Waals surface area (Å²) in [5, 5.41) is 25.4. The molecule has 0 saturated heterocycles. The molecule has 1 heterocycles. The third-order valence-corrected chi connectivity index (χ3v) is 3.72. The molecular formula is C14H9Cl2N3O2. The number of fused-ring (bicyclic) bond motifs is 1. The van der Waals surface area contributed by atoms with Crippen LogP contribution in [0.5, 0.6) is 0 Å². The van der Waals surface area contributed by atoms with Crippen LogP contribution in [0.25, 0.3) is 22.3 Å². The number of anilines is 1. The van der Waals surface area contributed by atoms with Crippen molar-refractivity contribution in [3.05, 3.63) is 62.9 Å². The highest BCUT2D eigenvalue weighted by atomic mass is 35.5. The molecule has 0 spiro atoms. The van der Waals surface area contributed by atoms with Gasteiger partial charge in [0.25, 0.3) is 5.52 Å². The molecule has 0 unspecified atom stereocenters. The van der Waals surface area contributed by atoms with Gasteiger partial charge in [0.2, 0.25) is 5.52 Å². The molecule has 5 nitrogen and oxygen atoms in total. The molecule has 21 heavy (non-hydrogen) atoms. The lowest BCUT2D eigenvalue weighted by atomic mass is 10.1. The van der Waals surface area contributed by atoms with Crippen molar-refractivity contribution in [2.75, 3.05) is 5.73 Å². The average molecular weight is 322 g/mol. The van der Waals surface area contributed by atoms with E-state index in [-0.39, 0.29) is 27.6 Å². The van der Waals surface area contributed by atoms with Crippen LogP contribution in [0.4, 0.5) is 5.82 Å². The lowest BCUT2D eigenvalue weighted by molar-refractivity contribution is -0.609. The molecule has 0 aliphatic heterocycles. The van der Waals surface area contributed by atoms with Crippen LogP contribution in [0.2, 0.25) is 10.0 Å². The fourth-order valence-corrected chi connectivity index (χ4v) is 2.68. The van der Waals surface area contributed by atoms with E-state index < -0.39 is 0 Å². The van der Waals surface area contributed by atoms with E-state index in [1.807, 2.05) is 0 Å². The van der Waals surface area contributed by atoms with Crippen LogP contribution in [-0.4, -0.2) is 0 Å². The zero-order valence-corrected chi connectivity index (χ0v) is 12.1. The minimum absolute atomic E-state index is 0.00497. The maximum Gasteiger partial charge on any atom is 0.351 e. The quantitative estimate of drug-likeness (QED) is 0.552. The summed E-state index contributed by atoms with van der Waals surface area (Å²) in [5.41, 5.74) is 6.59. The second kappa shape index (κ2) is 4.95. The Kier molecular flexibility index (Phi) is 3.23. The first-order valence-corrected chi connectivity index (χ1v) is 6.75. The molecule has 0 amide bonds. The standard InChI is InChI=1S/C14H9Cl2N3O2/c15-8-5-6-9(10(16)7-8)13-14(17)19(21)12-4-2-1-3-11(12)18(13)20/h1-7H,17H2. The normalized spacial score (nSPS) is 11.0. The van der Waals surface area contributed by atoms with Crippen LogP contribution in [-0.2, 0) is 0 Å². The maximum absolute atomic E-state index is 12.5. The number of benzene rings is 2. The van der Waals surface area contributed by atoms with E-state index in [0.717, 1.165) is 0 Å². The highest BCUT2D eigenvalue weighted by Gasteiger charge is 2.27. The molecule has 3 aromatic rings.